The third-order valence-electron chi connectivity index (χ3n) is 6.16. The van der Waals surface area contributed by atoms with E-state index < -0.39 is 5.91 Å². The molecule has 5 rings (SSSR count). The lowest BCUT2D eigenvalue weighted by Gasteiger charge is -2.19. The predicted octanol–water partition coefficient (Wildman–Crippen LogP) is 2.72. The van der Waals surface area contributed by atoms with Gasteiger partial charge in [-0.05, 0) is 35.4 Å². The van der Waals surface area contributed by atoms with Crippen molar-refractivity contribution in [1.82, 2.24) is 15.6 Å². The minimum absolute atomic E-state index is 0.107. The number of aromatic nitrogens is 1. The smallest absolute Gasteiger partial charge is 0.268 e. The number of amides is 2. The van der Waals surface area contributed by atoms with E-state index in [4.69, 9.17) is 14.2 Å². The van der Waals surface area contributed by atoms with Gasteiger partial charge in [-0.1, -0.05) is 54.6 Å². The van der Waals surface area contributed by atoms with Gasteiger partial charge in [0.2, 0.25) is 0 Å². The van der Waals surface area contributed by atoms with E-state index >= 15 is 0 Å². The molecular weight excluding hydrogens is 458 g/mol. The lowest BCUT2D eigenvalue weighted by molar-refractivity contribution is -0.119. The number of nitrogens with one attached hydrogen (secondary N) is 2. The second-order valence-electron chi connectivity index (χ2n) is 8.68. The molecular formula is C28H27N3O5. The lowest BCUT2D eigenvalue weighted by Crippen LogP contribution is -2.46. The van der Waals surface area contributed by atoms with Crippen molar-refractivity contribution in [2.24, 2.45) is 0 Å². The highest BCUT2D eigenvalue weighted by Crippen LogP contribution is 2.29. The van der Waals surface area contributed by atoms with Crippen LogP contribution in [0.15, 0.2) is 90.9 Å². The van der Waals surface area contributed by atoms with Crippen molar-refractivity contribution >= 4 is 17.9 Å². The summed E-state index contributed by atoms with van der Waals surface area (Å²) < 4.78 is 18.0. The molecule has 4 atom stereocenters. The Morgan fingerprint density at radius 2 is 1.69 bits per heavy atom. The van der Waals surface area contributed by atoms with Gasteiger partial charge < -0.3 is 24.8 Å². The zero-order valence-electron chi connectivity index (χ0n) is 19.6. The molecule has 8 nitrogen and oxygen atoms in total. The highest BCUT2D eigenvalue weighted by atomic mass is 16.6. The second kappa shape index (κ2) is 11.3. The van der Waals surface area contributed by atoms with Gasteiger partial charge in [0.05, 0.1) is 25.9 Å². The molecule has 2 N–H and O–H groups in total. The molecule has 2 amide bonds. The molecule has 3 aromatic rings. The van der Waals surface area contributed by atoms with E-state index in [1.165, 1.54) is 0 Å². The molecule has 184 valence electrons. The Labute approximate surface area is 209 Å². The van der Waals surface area contributed by atoms with Gasteiger partial charge in [0.25, 0.3) is 11.8 Å². The summed E-state index contributed by atoms with van der Waals surface area (Å²) in [5.74, 6) is -0.817. The molecule has 3 heterocycles. The van der Waals surface area contributed by atoms with Gasteiger partial charge in [0.15, 0.2) is 0 Å². The first-order valence-corrected chi connectivity index (χ1v) is 11.8. The molecule has 0 aliphatic carbocycles. The standard InChI is InChI=1S/C28H27N3O5/c32-27(21-11-5-2-6-12-21)30-22(14-20-10-7-13-29-15-20)28(33)31-23-17-35-26-24(18-36-25(23)26)34-16-19-8-3-1-4-9-19/h1-15,23-26H,16-18H2,(H,30,32)(H,31,33)/b22-14-/t23-,24-,25-,26-/m1/s1. The number of hydrogen-bond acceptors (Lipinski definition) is 6. The monoisotopic (exact) mass is 485 g/mol. The zero-order chi connectivity index (χ0) is 24.7. The molecule has 1 aromatic heterocycles. The molecule has 2 saturated heterocycles. The van der Waals surface area contributed by atoms with Crippen molar-refractivity contribution in [3.05, 3.63) is 108 Å². The molecule has 0 unspecified atom stereocenters. The van der Waals surface area contributed by atoms with Crippen molar-refractivity contribution in [2.45, 2.75) is 31.0 Å². The fraction of sp³-hybridized carbons (Fsp3) is 0.250. The van der Waals surface area contributed by atoms with E-state index in [1.54, 1.807) is 54.9 Å². The van der Waals surface area contributed by atoms with Gasteiger partial charge in [-0.2, -0.15) is 0 Å². The van der Waals surface area contributed by atoms with E-state index in [-0.39, 0.29) is 36.0 Å². The Morgan fingerprint density at radius 1 is 0.944 bits per heavy atom. The summed E-state index contributed by atoms with van der Waals surface area (Å²) in [6, 6.07) is 21.8. The molecule has 36 heavy (non-hydrogen) atoms. The van der Waals surface area contributed by atoms with Gasteiger partial charge in [-0.25, -0.2) is 0 Å². The number of benzene rings is 2. The van der Waals surface area contributed by atoms with E-state index in [0.717, 1.165) is 5.56 Å². The van der Waals surface area contributed by atoms with E-state index in [2.05, 4.69) is 15.6 Å². The summed E-state index contributed by atoms with van der Waals surface area (Å²) in [6.07, 6.45) is 4.02. The maximum Gasteiger partial charge on any atom is 0.268 e. The Morgan fingerprint density at radius 3 is 2.44 bits per heavy atom. The van der Waals surface area contributed by atoms with Crippen LogP contribution in [0.2, 0.25) is 0 Å². The van der Waals surface area contributed by atoms with Crippen LogP contribution in [-0.2, 0) is 25.6 Å². The summed E-state index contributed by atoms with van der Waals surface area (Å²) in [7, 11) is 0. The molecule has 2 aromatic carbocycles. The molecule has 2 fully saturated rings. The van der Waals surface area contributed by atoms with Crippen LogP contribution >= 0.6 is 0 Å². The second-order valence-corrected chi connectivity index (χ2v) is 8.68. The first-order valence-electron chi connectivity index (χ1n) is 11.8. The molecule has 0 bridgehead atoms. The fourth-order valence-corrected chi connectivity index (χ4v) is 4.32. The summed E-state index contributed by atoms with van der Waals surface area (Å²) >= 11 is 0. The SMILES string of the molecule is O=C(N[C@@H]1CO[C@H]2[C@@H]1OC[C@H]2OCc1ccccc1)/C(=C/c1cccnc1)NC(=O)c1ccccc1. The van der Waals surface area contributed by atoms with Crippen LogP contribution < -0.4 is 10.6 Å². The Hall–Kier alpha value is -3.85. The molecule has 0 spiro atoms. The molecule has 2 aliphatic rings. The maximum atomic E-state index is 13.3. The van der Waals surface area contributed by atoms with E-state index in [9.17, 15) is 9.59 Å². The maximum absolute atomic E-state index is 13.3. The largest absolute Gasteiger partial charge is 0.370 e. The van der Waals surface area contributed by atoms with Crippen molar-refractivity contribution < 1.29 is 23.8 Å². The Bertz CT molecular complexity index is 1200. The van der Waals surface area contributed by atoms with Crippen LogP contribution in [0.25, 0.3) is 6.08 Å². The van der Waals surface area contributed by atoms with Gasteiger partial charge in [-0.15, -0.1) is 0 Å². The van der Waals surface area contributed by atoms with E-state index in [0.29, 0.717) is 30.9 Å². The highest BCUT2D eigenvalue weighted by molar-refractivity contribution is 6.05. The quantitative estimate of drug-likeness (QED) is 0.476. The van der Waals surface area contributed by atoms with Crippen LogP contribution in [0, 0.1) is 0 Å². The van der Waals surface area contributed by atoms with Crippen LogP contribution in [0.1, 0.15) is 21.5 Å². The van der Waals surface area contributed by atoms with Gasteiger partial charge in [0, 0.05) is 18.0 Å². The van der Waals surface area contributed by atoms with Crippen molar-refractivity contribution in [2.75, 3.05) is 13.2 Å². The lowest BCUT2D eigenvalue weighted by atomic mass is 10.1. The predicted molar refractivity (Wildman–Crippen MR) is 133 cm³/mol. The van der Waals surface area contributed by atoms with Crippen molar-refractivity contribution in [1.29, 1.82) is 0 Å². The fourth-order valence-electron chi connectivity index (χ4n) is 4.32. The van der Waals surface area contributed by atoms with Crippen LogP contribution in [0.5, 0.6) is 0 Å². The third kappa shape index (κ3) is 5.68. The third-order valence-corrected chi connectivity index (χ3v) is 6.16. The number of rotatable bonds is 8. The van der Waals surface area contributed by atoms with Gasteiger partial charge >= 0.3 is 0 Å². The first-order chi connectivity index (χ1) is 17.7. The average Bonchev–Trinajstić information content (AvgIpc) is 3.51. The average molecular weight is 486 g/mol. The number of hydrogen-bond donors (Lipinski definition) is 2. The van der Waals surface area contributed by atoms with Crippen LogP contribution in [0.4, 0.5) is 0 Å². The summed E-state index contributed by atoms with van der Waals surface area (Å²) in [5.41, 5.74) is 2.31. The summed E-state index contributed by atoms with van der Waals surface area (Å²) in [5, 5.41) is 5.71. The summed E-state index contributed by atoms with van der Waals surface area (Å²) in [6.45, 7) is 1.14. The Balaban J connectivity index is 1.25. The van der Waals surface area contributed by atoms with Crippen molar-refractivity contribution in [3.63, 3.8) is 0 Å². The van der Waals surface area contributed by atoms with Gasteiger partial charge in [-0.3, -0.25) is 14.6 Å². The normalized spacial score (nSPS) is 23.2. The molecule has 0 radical (unpaired) electrons. The number of carbonyl (C=O) groups excluding carboxylic acids is 2. The number of ether oxygens (including phenoxy) is 3. The molecule has 2 aliphatic heterocycles. The van der Waals surface area contributed by atoms with E-state index in [1.807, 2.05) is 36.4 Å². The van der Waals surface area contributed by atoms with Crippen molar-refractivity contribution in [3.8, 4) is 0 Å². The van der Waals surface area contributed by atoms with Gasteiger partial charge in [0.1, 0.15) is 24.0 Å². The number of carbonyl (C=O) groups is 2. The topological polar surface area (TPSA) is 98.8 Å². The minimum Gasteiger partial charge on any atom is -0.370 e. The first kappa shape index (κ1) is 23.9. The van der Waals surface area contributed by atoms with Crippen LogP contribution in [-0.4, -0.2) is 54.4 Å². The van der Waals surface area contributed by atoms with Crippen LogP contribution in [0.3, 0.4) is 0 Å². The molecule has 8 heteroatoms. The number of nitrogens with zero attached hydrogens (tertiary/aromatic N) is 1. The molecule has 0 saturated carbocycles. The Kier molecular flexibility index (Phi) is 7.47. The minimum atomic E-state index is -0.436. The summed E-state index contributed by atoms with van der Waals surface area (Å²) in [4.78, 5) is 30.2. The number of pyridine rings is 1. The zero-order valence-corrected chi connectivity index (χ0v) is 19.6. The highest BCUT2D eigenvalue weighted by Gasteiger charge is 2.49. The number of fused-ring (bicyclic) bond motifs is 1.